The molecular weight excluding hydrogens is 448 g/mol. The number of alkyl carbamates (subject to hydrolysis) is 1. The van der Waals surface area contributed by atoms with E-state index >= 15 is 0 Å². The molecule has 35 heavy (non-hydrogen) atoms. The number of hydrogen-bond donors (Lipinski definition) is 3. The van der Waals surface area contributed by atoms with Crippen LogP contribution in [-0.2, 0) is 19.1 Å². The predicted octanol–water partition coefficient (Wildman–Crippen LogP) is 3.94. The summed E-state index contributed by atoms with van der Waals surface area (Å²) in [6, 6.07) is 14.4. The van der Waals surface area contributed by atoms with Crippen LogP contribution in [0.5, 0.6) is 0 Å². The predicted molar refractivity (Wildman–Crippen MR) is 132 cm³/mol. The van der Waals surface area contributed by atoms with Crippen LogP contribution in [0, 0.1) is 5.41 Å². The number of carboxylic acid groups (broad SMARTS) is 1. The largest absolute Gasteiger partial charge is 0.481 e. The molecule has 0 saturated heterocycles. The minimum atomic E-state index is -1.02. The lowest BCUT2D eigenvalue weighted by Crippen LogP contribution is -2.52. The van der Waals surface area contributed by atoms with E-state index in [0.29, 0.717) is 6.42 Å². The average Bonchev–Trinajstić information content (AvgIpc) is 3.09. The molecule has 0 fully saturated rings. The van der Waals surface area contributed by atoms with Crippen LogP contribution in [0.1, 0.15) is 50.7 Å². The Hall–Kier alpha value is -3.39. The normalized spacial score (nSPS) is 14.4. The first kappa shape index (κ1) is 26.2. The average molecular weight is 483 g/mol. The zero-order chi connectivity index (χ0) is 25.6. The van der Waals surface area contributed by atoms with Gasteiger partial charge in [-0.25, -0.2) is 4.79 Å². The van der Waals surface area contributed by atoms with E-state index in [9.17, 15) is 19.5 Å². The Kier molecular flexibility index (Phi) is 8.51. The highest BCUT2D eigenvalue weighted by atomic mass is 16.5. The fourth-order valence-corrected chi connectivity index (χ4v) is 4.56. The SMILES string of the molecule is COC[C@H](NC(=O)OCC1c2ccccc2-c2ccccc21)C(=O)NC(CC(=O)O)CC(C)(C)C. The number of ether oxygens (including phenoxy) is 2. The summed E-state index contributed by atoms with van der Waals surface area (Å²) in [4.78, 5) is 36.8. The number of aliphatic carboxylic acids is 1. The van der Waals surface area contributed by atoms with E-state index in [1.807, 2.05) is 57.2 Å². The van der Waals surface area contributed by atoms with Crippen molar-refractivity contribution in [3.8, 4) is 11.1 Å². The Balaban J connectivity index is 1.64. The number of carbonyl (C=O) groups is 3. The fraction of sp³-hybridized carbons (Fsp3) is 0.444. The van der Waals surface area contributed by atoms with Crippen LogP contribution >= 0.6 is 0 Å². The highest BCUT2D eigenvalue weighted by molar-refractivity contribution is 5.86. The van der Waals surface area contributed by atoms with Crippen molar-refractivity contribution in [2.45, 2.75) is 51.6 Å². The van der Waals surface area contributed by atoms with Crippen molar-refractivity contribution in [1.82, 2.24) is 10.6 Å². The molecule has 2 aromatic carbocycles. The molecule has 2 amide bonds. The van der Waals surface area contributed by atoms with Gasteiger partial charge in [0.25, 0.3) is 0 Å². The highest BCUT2D eigenvalue weighted by Crippen LogP contribution is 2.44. The summed E-state index contributed by atoms with van der Waals surface area (Å²) < 4.78 is 10.7. The van der Waals surface area contributed by atoms with Crippen LogP contribution in [0.3, 0.4) is 0 Å². The highest BCUT2D eigenvalue weighted by Gasteiger charge is 2.31. The minimum Gasteiger partial charge on any atom is -0.481 e. The molecule has 3 N–H and O–H groups in total. The van der Waals surface area contributed by atoms with Gasteiger partial charge in [0, 0.05) is 19.1 Å². The Morgan fingerprint density at radius 2 is 1.54 bits per heavy atom. The van der Waals surface area contributed by atoms with Crippen molar-refractivity contribution < 1.29 is 29.0 Å². The van der Waals surface area contributed by atoms with Crippen LogP contribution in [0.25, 0.3) is 11.1 Å². The third-order valence-electron chi connectivity index (χ3n) is 5.91. The third-order valence-corrected chi connectivity index (χ3v) is 5.91. The lowest BCUT2D eigenvalue weighted by molar-refractivity contribution is -0.138. The van der Waals surface area contributed by atoms with Gasteiger partial charge in [0.2, 0.25) is 5.91 Å². The van der Waals surface area contributed by atoms with E-state index in [1.165, 1.54) is 7.11 Å². The fourth-order valence-electron chi connectivity index (χ4n) is 4.56. The number of carboxylic acids is 1. The molecule has 3 rings (SSSR count). The van der Waals surface area contributed by atoms with Gasteiger partial charge in [-0.05, 0) is 34.1 Å². The molecule has 8 nitrogen and oxygen atoms in total. The van der Waals surface area contributed by atoms with Crippen molar-refractivity contribution in [1.29, 1.82) is 0 Å². The van der Waals surface area contributed by atoms with E-state index in [2.05, 4.69) is 22.8 Å². The van der Waals surface area contributed by atoms with Crippen LogP contribution in [-0.4, -0.2) is 55.5 Å². The molecule has 8 heteroatoms. The molecule has 0 bridgehead atoms. The molecular formula is C27H34N2O6. The second kappa shape index (κ2) is 11.4. The molecule has 0 heterocycles. The van der Waals surface area contributed by atoms with Gasteiger partial charge in [0.15, 0.2) is 0 Å². The number of hydrogen-bond acceptors (Lipinski definition) is 5. The molecule has 0 radical (unpaired) electrons. The van der Waals surface area contributed by atoms with Crippen LogP contribution < -0.4 is 10.6 Å². The van der Waals surface area contributed by atoms with E-state index in [4.69, 9.17) is 9.47 Å². The number of nitrogens with one attached hydrogen (secondary N) is 2. The van der Waals surface area contributed by atoms with E-state index in [0.717, 1.165) is 22.3 Å². The second-order valence-electron chi connectivity index (χ2n) is 10.0. The van der Waals surface area contributed by atoms with E-state index in [-0.39, 0.29) is 31.0 Å². The van der Waals surface area contributed by atoms with Gasteiger partial charge in [-0.3, -0.25) is 9.59 Å². The molecule has 0 aromatic heterocycles. The zero-order valence-corrected chi connectivity index (χ0v) is 20.7. The van der Waals surface area contributed by atoms with Gasteiger partial charge in [0.05, 0.1) is 13.0 Å². The number of benzene rings is 2. The maximum Gasteiger partial charge on any atom is 0.407 e. The first-order chi connectivity index (χ1) is 16.6. The molecule has 1 aliphatic carbocycles. The summed E-state index contributed by atoms with van der Waals surface area (Å²) in [5, 5.41) is 14.5. The Morgan fingerprint density at radius 3 is 2.06 bits per heavy atom. The summed E-state index contributed by atoms with van der Waals surface area (Å²) in [7, 11) is 1.42. The number of carbonyl (C=O) groups excluding carboxylic acids is 2. The maximum absolute atomic E-state index is 12.9. The Morgan fingerprint density at radius 1 is 0.971 bits per heavy atom. The van der Waals surface area contributed by atoms with Gasteiger partial charge < -0.3 is 25.2 Å². The molecule has 2 atom stereocenters. The van der Waals surface area contributed by atoms with Gasteiger partial charge in [0.1, 0.15) is 12.6 Å². The molecule has 2 aromatic rings. The van der Waals surface area contributed by atoms with Crippen LogP contribution in [0.4, 0.5) is 4.79 Å². The van der Waals surface area contributed by atoms with Gasteiger partial charge in [-0.2, -0.15) is 0 Å². The van der Waals surface area contributed by atoms with Gasteiger partial charge in [-0.15, -0.1) is 0 Å². The lowest BCUT2D eigenvalue weighted by Gasteiger charge is -2.27. The summed E-state index contributed by atoms with van der Waals surface area (Å²) in [6.45, 7) is 5.94. The number of fused-ring (bicyclic) bond motifs is 3. The van der Waals surface area contributed by atoms with Crippen LogP contribution in [0.15, 0.2) is 48.5 Å². The Labute approximate surface area is 206 Å². The lowest BCUT2D eigenvalue weighted by atomic mass is 9.87. The summed E-state index contributed by atoms with van der Waals surface area (Å²) in [5.41, 5.74) is 4.23. The minimum absolute atomic E-state index is 0.0780. The monoisotopic (exact) mass is 482 g/mol. The summed E-state index contributed by atoms with van der Waals surface area (Å²) in [6.07, 6.45) is -0.488. The van der Waals surface area contributed by atoms with Crippen molar-refractivity contribution in [3.63, 3.8) is 0 Å². The number of methoxy groups -OCH3 is 1. The molecule has 188 valence electrons. The summed E-state index contributed by atoms with van der Waals surface area (Å²) >= 11 is 0. The van der Waals surface area contributed by atoms with Crippen LogP contribution in [0.2, 0.25) is 0 Å². The van der Waals surface area contributed by atoms with Crippen molar-refractivity contribution >= 4 is 18.0 Å². The van der Waals surface area contributed by atoms with Gasteiger partial charge in [-0.1, -0.05) is 69.3 Å². The smallest absolute Gasteiger partial charge is 0.407 e. The van der Waals surface area contributed by atoms with Crippen molar-refractivity contribution in [2.24, 2.45) is 5.41 Å². The number of rotatable bonds is 10. The quantitative estimate of drug-likeness (QED) is 0.473. The third kappa shape index (κ3) is 7.05. The molecule has 0 spiro atoms. The molecule has 1 aliphatic rings. The maximum atomic E-state index is 12.9. The topological polar surface area (TPSA) is 114 Å². The first-order valence-electron chi connectivity index (χ1n) is 11.7. The standard InChI is InChI=1S/C27H34N2O6/c1-27(2,3)14-17(13-24(30)31)28-25(32)23(16-34-4)29-26(33)35-15-22-20-11-7-5-9-18(20)19-10-6-8-12-21(19)22/h5-12,17,22-23H,13-16H2,1-4H3,(H,28,32)(H,29,33)(H,30,31)/t17?,23-/m0/s1. The zero-order valence-electron chi connectivity index (χ0n) is 20.7. The number of amides is 2. The summed E-state index contributed by atoms with van der Waals surface area (Å²) in [5.74, 6) is -1.63. The Bertz CT molecular complexity index is 1020. The molecule has 0 saturated carbocycles. The van der Waals surface area contributed by atoms with E-state index in [1.54, 1.807) is 0 Å². The van der Waals surface area contributed by atoms with Gasteiger partial charge >= 0.3 is 12.1 Å². The van der Waals surface area contributed by atoms with Crippen molar-refractivity contribution in [3.05, 3.63) is 59.7 Å². The molecule has 0 aliphatic heterocycles. The first-order valence-corrected chi connectivity index (χ1v) is 11.7. The van der Waals surface area contributed by atoms with Crippen molar-refractivity contribution in [2.75, 3.05) is 20.3 Å². The molecule has 1 unspecified atom stereocenters. The second-order valence-corrected chi connectivity index (χ2v) is 10.0. The van der Waals surface area contributed by atoms with E-state index < -0.39 is 30.1 Å².